The highest BCUT2D eigenvalue weighted by molar-refractivity contribution is 5.71. The molecule has 0 atom stereocenters. The number of rotatable bonds is 5. The molecule has 130 valence electrons. The predicted octanol–water partition coefficient (Wildman–Crippen LogP) is 4.51. The SMILES string of the molecule is COc1cccc(N=Nc2c(-c3ccco3)nc3cc(CO)ccn23)c1. The number of furan rings is 1. The van der Waals surface area contributed by atoms with Crippen molar-refractivity contribution >= 4 is 17.2 Å². The normalized spacial score (nSPS) is 11.5. The Hall–Kier alpha value is -3.45. The lowest BCUT2D eigenvalue weighted by Gasteiger charge is -2.00. The molecule has 4 rings (SSSR count). The monoisotopic (exact) mass is 348 g/mol. The van der Waals surface area contributed by atoms with Crippen LogP contribution in [0.1, 0.15) is 5.56 Å². The first-order valence-electron chi connectivity index (χ1n) is 8.00. The zero-order valence-corrected chi connectivity index (χ0v) is 14.0. The largest absolute Gasteiger partial charge is 0.497 e. The molecule has 4 aromatic rings. The van der Waals surface area contributed by atoms with Crippen LogP contribution in [-0.2, 0) is 6.61 Å². The van der Waals surface area contributed by atoms with Crippen molar-refractivity contribution in [2.24, 2.45) is 10.2 Å². The van der Waals surface area contributed by atoms with Crippen molar-refractivity contribution in [1.82, 2.24) is 9.38 Å². The highest BCUT2D eigenvalue weighted by Gasteiger charge is 2.16. The van der Waals surface area contributed by atoms with E-state index in [1.807, 2.05) is 30.3 Å². The van der Waals surface area contributed by atoms with Crippen molar-refractivity contribution in [2.75, 3.05) is 7.11 Å². The van der Waals surface area contributed by atoms with Crippen molar-refractivity contribution in [2.45, 2.75) is 6.61 Å². The van der Waals surface area contributed by atoms with Crippen LogP contribution in [0.25, 0.3) is 17.1 Å². The fourth-order valence-corrected chi connectivity index (χ4v) is 2.62. The number of imidazole rings is 1. The Kier molecular flexibility index (Phi) is 4.20. The number of hydrogen-bond acceptors (Lipinski definition) is 6. The third kappa shape index (κ3) is 2.96. The first-order valence-corrected chi connectivity index (χ1v) is 8.00. The van der Waals surface area contributed by atoms with Crippen LogP contribution in [0.3, 0.4) is 0 Å². The molecule has 0 aliphatic carbocycles. The van der Waals surface area contributed by atoms with E-state index in [2.05, 4.69) is 15.2 Å². The number of benzene rings is 1. The van der Waals surface area contributed by atoms with E-state index in [-0.39, 0.29) is 6.61 Å². The van der Waals surface area contributed by atoms with Crippen LogP contribution in [0.5, 0.6) is 5.75 Å². The van der Waals surface area contributed by atoms with E-state index >= 15 is 0 Å². The quantitative estimate of drug-likeness (QED) is 0.538. The van der Waals surface area contributed by atoms with E-state index in [1.165, 1.54) is 0 Å². The first kappa shape index (κ1) is 16.0. The molecule has 0 spiro atoms. The zero-order valence-electron chi connectivity index (χ0n) is 14.0. The van der Waals surface area contributed by atoms with E-state index in [0.717, 1.165) is 5.56 Å². The second-order valence-electron chi connectivity index (χ2n) is 5.58. The second kappa shape index (κ2) is 6.81. The number of hydrogen-bond donors (Lipinski definition) is 1. The van der Waals surface area contributed by atoms with Crippen LogP contribution >= 0.6 is 0 Å². The number of pyridine rings is 1. The fourth-order valence-electron chi connectivity index (χ4n) is 2.62. The Labute approximate surface area is 149 Å². The molecule has 26 heavy (non-hydrogen) atoms. The van der Waals surface area contributed by atoms with Crippen LogP contribution in [0.15, 0.2) is 75.6 Å². The van der Waals surface area contributed by atoms with E-state index in [9.17, 15) is 5.11 Å². The van der Waals surface area contributed by atoms with Gasteiger partial charge in [-0.05, 0) is 42.0 Å². The fraction of sp³-hybridized carbons (Fsp3) is 0.105. The summed E-state index contributed by atoms with van der Waals surface area (Å²) in [6, 6.07) is 14.6. The van der Waals surface area contributed by atoms with Gasteiger partial charge in [0, 0.05) is 12.3 Å². The Morgan fingerprint density at radius 1 is 1.15 bits per heavy atom. The maximum absolute atomic E-state index is 9.35. The van der Waals surface area contributed by atoms with Crippen molar-refractivity contribution in [3.05, 3.63) is 66.6 Å². The van der Waals surface area contributed by atoms with E-state index in [1.54, 1.807) is 42.2 Å². The molecular weight excluding hydrogens is 332 g/mol. The minimum absolute atomic E-state index is 0.0554. The Morgan fingerprint density at radius 2 is 2.08 bits per heavy atom. The summed E-state index contributed by atoms with van der Waals surface area (Å²) in [5.74, 6) is 1.85. The van der Waals surface area contributed by atoms with Crippen LogP contribution in [0.2, 0.25) is 0 Å². The van der Waals surface area contributed by atoms with Crippen molar-refractivity contribution < 1.29 is 14.3 Å². The van der Waals surface area contributed by atoms with Gasteiger partial charge in [-0.2, -0.15) is 0 Å². The molecule has 7 nitrogen and oxygen atoms in total. The Balaban J connectivity index is 1.84. The summed E-state index contributed by atoms with van der Waals surface area (Å²) < 4.78 is 12.5. The zero-order chi connectivity index (χ0) is 17.9. The highest BCUT2D eigenvalue weighted by Crippen LogP contribution is 2.33. The topological polar surface area (TPSA) is 84.6 Å². The van der Waals surface area contributed by atoms with E-state index in [0.29, 0.717) is 34.4 Å². The van der Waals surface area contributed by atoms with E-state index in [4.69, 9.17) is 9.15 Å². The van der Waals surface area contributed by atoms with Crippen LogP contribution in [0.4, 0.5) is 11.5 Å². The summed E-state index contributed by atoms with van der Waals surface area (Å²) in [6.07, 6.45) is 3.39. The smallest absolute Gasteiger partial charge is 0.190 e. The van der Waals surface area contributed by atoms with Gasteiger partial charge in [-0.1, -0.05) is 6.07 Å². The molecule has 0 aliphatic rings. The Bertz CT molecular complexity index is 1070. The lowest BCUT2D eigenvalue weighted by atomic mass is 10.3. The molecule has 3 aromatic heterocycles. The molecule has 0 saturated carbocycles. The number of ether oxygens (including phenoxy) is 1. The van der Waals surface area contributed by atoms with E-state index < -0.39 is 0 Å². The molecule has 0 aliphatic heterocycles. The van der Waals surface area contributed by atoms with Gasteiger partial charge in [0.1, 0.15) is 11.4 Å². The second-order valence-corrected chi connectivity index (χ2v) is 5.58. The molecule has 1 aromatic carbocycles. The summed E-state index contributed by atoms with van der Waals surface area (Å²) in [7, 11) is 1.61. The third-order valence-electron chi connectivity index (χ3n) is 3.92. The maximum Gasteiger partial charge on any atom is 0.190 e. The predicted molar refractivity (Wildman–Crippen MR) is 96.0 cm³/mol. The van der Waals surface area contributed by atoms with Gasteiger partial charge in [0.2, 0.25) is 0 Å². The van der Waals surface area contributed by atoms with Gasteiger partial charge in [0.05, 0.1) is 25.7 Å². The molecule has 1 N–H and O–H groups in total. The lowest BCUT2D eigenvalue weighted by Crippen LogP contribution is -1.88. The standard InChI is InChI=1S/C19H16N4O3/c1-25-15-5-2-4-14(11-15)21-22-19-18(16-6-3-9-26-16)20-17-10-13(12-24)7-8-23(17)19/h2-11,24H,12H2,1H3. The maximum atomic E-state index is 9.35. The molecule has 7 heteroatoms. The Morgan fingerprint density at radius 3 is 2.85 bits per heavy atom. The summed E-state index contributed by atoms with van der Waals surface area (Å²) >= 11 is 0. The van der Waals surface area contributed by atoms with Gasteiger partial charge in [-0.3, -0.25) is 4.40 Å². The highest BCUT2D eigenvalue weighted by atomic mass is 16.5. The van der Waals surface area contributed by atoms with Gasteiger partial charge in [-0.15, -0.1) is 10.2 Å². The minimum atomic E-state index is -0.0554. The lowest BCUT2D eigenvalue weighted by molar-refractivity contribution is 0.282. The van der Waals surface area contributed by atoms with Crippen LogP contribution in [-0.4, -0.2) is 21.6 Å². The molecule has 0 amide bonds. The number of azo groups is 1. The van der Waals surface area contributed by atoms with Gasteiger partial charge in [0.25, 0.3) is 0 Å². The first-order chi connectivity index (χ1) is 12.8. The summed E-state index contributed by atoms with van der Waals surface area (Å²) in [6.45, 7) is -0.0554. The number of methoxy groups -OCH3 is 1. The molecule has 0 radical (unpaired) electrons. The molecule has 0 saturated heterocycles. The minimum Gasteiger partial charge on any atom is -0.497 e. The molecule has 0 bridgehead atoms. The van der Waals surface area contributed by atoms with Gasteiger partial charge in [0.15, 0.2) is 17.3 Å². The van der Waals surface area contributed by atoms with Gasteiger partial charge in [-0.25, -0.2) is 4.98 Å². The van der Waals surface area contributed by atoms with Crippen molar-refractivity contribution in [3.8, 4) is 17.2 Å². The summed E-state index contributed by atoms with van der Waals surface area (Å²) in [4.78, 5) is 4.59. The molecular formula is C19H16N4O3. The van der Waals surface area contributed by atoms with Crippen molar-refractivity contribution in [1.29, 1.82) is 0 Å². The van der Waals surface area contributed by atoms with Crippen molar-refractivity contribution in [3.63, 3.8) is 0 Å². The number of aliphatic hydroxyl groups is 1. The number of aliphatic hydroxyl groups excluding tert-OH is 1. The number of nitrogens with zero attached hydrogens (tertiary/aromatic N) is 4. The number of fused-ring (bicyclic) bond motifs is 1. The molecule has 3 heterocycles. The van der Waals surface area contributed by atoms with Crippen LogP contribution < -0.4 is 4.74 Å². The average molecular weight is 348 g/mol. The average Bonchev–Trinajstić information content (AvgIpc) is 3.33. The summed E-state index contributed by atoms with van der Waals surface area (Å²) in [5.41, 5.74) is 2.67. The summed E-state index contributed by atoms with van der Waals surface area (Å²) in [5, 5.41) is 18.1. The van der Waals surface area contributed by atoms with Gasteiger partial charge >= 0.3 is 0 Å². The number of aromatic nitrogens is 2. The molecule has 0 fully saturated rings. The third-order valence-corrected chi connectivity index (χ3v) is 3.92. The van der Waals surface area contributed by atoms with Crippen LogP contribution in [0, 0.1) is 0 Å². The van der Waals surface area contributed by atoms with Gasteiger partial charge < -0.3 is 14.3 Å². The molecule has 0 unspecified atom stereocenters.